The molecule has 3 saturated heterocycles. The number of piperidine rings is 1. The summed E-state index contributed by atoms with van der Waals surface area (Å²) in [5, 5.41) is 10.7. The van der Waals surface area contributed by atoms with Crippen molar-refractivity contribution < 1.29 is 9.59 Å². The van der Waals surface area contributed by atoms with E-state index in [4.69, 9.17) is 0 Å². The molecule has 2 atom stereocenters. The number of aromatic nitrogens is 4. The van der Waals surface area contributed by atoms with Crippen LogP contribution in [-0.4, -0.2) is 67.7 Å². The van der Waals surface area contributed by atoms with Crippen LogP contribution in [0.25, 0.3) is 11.0 Å². The molecule has 6 rings (SSSR count). The van der Waals surface area contributed by atoms with E-state index in [1.165, 1.54) is 0 Å². The van der Waals surface area contributed by atoms with Gasteiger partial charge in [-0.05, 0) is 49.1 Å². The minimum absolute atomic E-state index is 0.00203. The molecule has 142 valence electrons. The van der Waals surface area contributed by atoms with Gasteiger partial charge in [0.1, 0.15) is 11.0 Å². The van der Waals surface area contributed by atoms with Crippen LogP contribution in [0.3, 0.4) is 0 Å². The zero-order chi connectivity index (χ0) is 19.1. The Morgan fingerprint density at radius 2 is 1.71 bits per heavy atom. The van der Waals surface area contributed by atoms with Gasteiger partial charge in [0.15, 0.2) is 0 Å². The van der Waals surface area contributed by atoms with Gasteiger partial charge in [0.25, 0.3) is 11.8 Å². The average Bonchev–Trinajstić information content (AvgIpc) is 3.02. The summed E-state index contributed by atoms with van der Waals surface area (Å²) in [6, 6.07) is 8.90. The highest BCUT2D eigenvalue weighted by atomic mass is 16.2. The zero-order valence-corrected chi connectivity index (χ0v) is 15.3. The summed E-state index contributed by atoms with van der Waals surface area (Å²) in [4.78, 5) is 33.9. The number of amides is 2. The fourth-order valence-corrected chi connectivity index (χ4v) is 4.31. The Balaban J connectivity index is 1.39. The van der Waals surface area contributed by atoms with Gasteiger partial charge < -0.3 is 9.80 Å². The standard InChI is InChI=1S/C20H20N6O2/c27-19(14-5-7-21-8-6-14)25-10-13-1-3-16(12-25)26(11-13)20(28)15-2-4-17-18(9-15)23-24-22-17/h2,4-9,13,16H,1,3,10-12H2,(H,22,23,24). The molecule has 1 N–H and O–H groups in total. The minimum Gasteiger partial charge on any atom is -0.336 e. The predicted octanol–water partition coefficient (Wildman–Crippen LogP) is 1.73. The van der Waals surface area contributed by atoms with E-state index in [-0.39, 0.29) is 17.9 Å². The number of nitrogens with zero attached hydrogens (tertiary/aromatic N) is 5. The second-order valence-corrected chi connectivity index (χ2v) is 7.53. The molecule has 0 spiro atoms. The van der Waals surface area contributed by atoms with E-state index in [0.717, 1.165) is 18.4 Å². The van der Waals surface area contributed by atoms with Gasteiger partial charge in [-0.25, -0.2) is 0 Å². The van der Waals surface area contributed by atoms with Crippen LogP contribution < -0.4 is 0 Å². The number of hydrogen-bond donors (Lipinski definition) is 1. The number of benzene rings is 1. The summed E-state index contributed by atoms with van der Waals surface area (Å²) in [7, 11) is 0. The molecule has 1 aromatic carbocycles. The van der Waals surface area contributed by atoms with Crippen LogP contribution in [-0.2, 0) is 0 Å². The highest BCUT2D eigenvalue weighted by Crippen LogP contribution is 2.30. The van der Waals surface area contributed by atoms with Crippen molar-refractivity contribution >= 4 is 22.8 Å². The largest absolute Gasteiger partial charge is 0.336 e. The number of H-pyrrole nitrogens is 1. The molecule has 2 bridgehead atoms. The average molecular weight is 376 g/mol. The fraction of sp³-hybridized carbons (Fsp3) is 0.350. The topological polar surface area (TPSA) is 95.1 Å². The van der Waals surface area contributed by atoms with E-state index >= 15 is 0 Å². The highest BCUT2D eigenvalue weighted by Gasteiger charge is 2.39. The SMILES string of the molecule is O=C(c1ccncc1)N1CC2CCC(C1)N(C(=O)c1ccc3n[nH]nc3c1)C2. The zero-order valence-electron chi connectivity index (χ0n) is 15.3. The molecule has 0 saturated carbocycles. The van der Waals surface area contributed by atoms with E-state index in [2.05, 4.69) is 20.4 Å². The lowest BCUT2D eigenvalue weighted by molar-refractivity contribution is 0.0574. The number of carbonyl (C=O) groups is 2. The van der Waals surface area contributed by atoms with Crippen LogP contribution in [0.4, 0.5) is 0 Å². The molecule has 3 aliphatic heterocycles. The summed E-state index contributed by atoms with van der Waals surface area (Å²) in [6.07, 6.45) is 5.23. The first kappa shape index (κ1) is 16.9. The van der Waals surface area contributed by atoms with Crippen molar-refractivity contribution in [1.29, 1.82) is 0 Å². The Labute approximate surface area is 161 Å². The molecule has 3 aliphatic rings. The maximum atomic E-state index is 13.2. The molecule has 3 fully saturated rings. The van der Waals surface area contributed by atoms with Crippen molar-refractivity contribution in [2.45, 2.75) is 18.9 Å². The molecule has 2 amide bonds. The molecule has 0 aliphatic carbocycles. The normalized spacial score (nSPS) is 21.7. The molecule has 0 radical (unpaired) electrons. The number of aromatic amines is 1. The second-order valence-electron chi connectivity index (χ2n) is 7.53. The van der Waals surface area contributed by atoms with Gasteiger partial charge in [-0.3, -0.25) is 14.6 Å². The molecule has 2 unspecified atom stereocenters. The van der Waals surface area contributed by atoms with Crippen molar-refractivity contribution in [2.24, 2.45) is 5.92 Å². The lowest BCUT2D eigenvalue weighted by atomic mass is 9.94. The van der Waals surface area contributed by atoms with Crippen LogP contribution in [0.2, 0.25) is 0 Å². The Hall–Kier alpha value is -3.29. The van der Waals surface area contributed by atoms with Crippen LogP contribution >= 0.6 is 0 Å². The predicted molar refractivity (Wildman–Crippen MR) is 102 cm³/mol. The van der Waals surface area contributed by atoms with Gasteiger partial charge in [-0.1, -0.05) is 0 Å². The molecule has 3 aromatic rings. The molecule has 8 nitrogen and oxygen atoms in total. The lowest BCUT2D eigenvalue weighted by Crippen LogP contribution is -2.47. The van der Waals surface area contributed by atoms with E-state index in [0.29, 0.717) is 42.2 Å². The van der Waals surface area contributed by atoms with E-state index in [9.17, 15) is 9.59 Å². The number of hydrogen-bond acceptors (Lipinski definition) is 5. The monoisotopic (exact) mass is 376 g/mol. The van der Waals surface area contributed by atoms with Gasteiger partial charge in [-0.15, -0.1) is 0 Å². The summed E-state index contributed by atoms with van der Waals surface area (Å²) in [6.45, 7) is 1.93. The smallest absolute Gasteiger partial charge is 0.254 e. The third kappa shape index (κ3) is 2.90. The van der Waals surface area contributed by atoms with Crippen molar-refractivity contribution in [2.75, 3.05) is 19.6 Å². The van der Waals surface area contributed by atoms with Gasteiger partial charge in [0.05, 0.1) is 0 Å². The molecular weight excluding hydrogens is 356 g/mol. The van der Waals surface area contributed by atoms with Crippen molar-refractivity contribution in [3.63, 3.8) is 0 Å². The quantitative estimate of drug-likeness (QED) is 0.735. The molecule has 8 heteroatoms. The number of fused-ring (bicyclic) bond motifs is 5. The first-order valence-corrected chi connectivity index (χ1v) is 9.50. The fourth-order valence-electron chi connectivity index (χ4n) is 4.31. The summed E-state index contributed by atoms with van der Waals surface area (Å²) >= 11 is 0. The summed E-state index contributed by atoms with van der Waals surface area (Å²) < 4.78 is 0. The number of nitrogens with one attached hydrogen (secondary N) is 1. The highest BCUT2D eigenvalue weighted by molar-refractivity contribution is 5.98. The first-order chi connectivity index (χ1) is 13.7. The van der Waals surface area contributed by atoms with Gasteiger partial charge in [0.2, 0.25) is 0 Å². The molecule has 2 aromatic heterocycles. The van der Waals surface area contributed by atoms with Crippen molar-refractivity contribution in [3.8, 4) is 0 Å². The maximum Gasteiger partial charge on any atom is 0.254 e. The van der Waals surface area contributed by atoms with E-state index in [1.807, 2.05) is 9.80 Å². The van der Waals surface area contributed by atoms with Crippen LogP contribution in [0.15, 0.2) is 42.7 Å². The Bertz CT molecular complexity index is 1030. The molecular formula is C20H20N6O2. The van der Waals surface area contributed by atoms with Crippen LogP contribution in [0.5, 0.6) is 0 Å². The first-order valence-electron chi connectivity index (χ1n) is 9.50. The van der Waals surface area contributed by atoms with E-state index < -0.39 is 0 Å². The van der Waals surface area contributed by atoms with Gasteiger partial charge in [-0.2, -0.15) is 15.4 Å². The second kappa shape index (κ2) is 6.70. The number of carbonyl (C=O) groups excluding carboxylic acids is 2. The van der Waals surface area contributed by atoms with Crippen LogP contribution in [0, 0.1) is 5.92 Å². The number of rotatable bonds is 2. The van der Waals surface area contributed by atoms with Crippen molar-refractivity contribution in [1.82, 2.24) is 30.2 Å². The van der Waals surface area contributed by atoms with Crippen LogP contribution in [0.1, 0.15) is 33.6 Å². The molecule has 28 heavy (non-hydrogen) atoms. The Kier molecular flexibility index (Phi) is 4.03. The summed E-state index contributed by atoms with van der Waals surface area (Å²) in [5.74, 6) is 0.305. The van der Waals surface area contributed by atoms with Gasteiger partial charge in [0, 0.05) is 49.2 Å². The minimum atomic E-state index is -0.00203. The summed E-state index contributed by atoms with van der Waals surface area (Å²) in [5.41, 5.74) is 2.68. The lowest BCUT2D eigenvalue weighted by Gasteiger charge is -2.36. The third-order valence-electron chi connectivity index (χ3n) is 5.75. The van der Waals surface area contributed by atoms with E-state index in [1.54, 1.807) is 42.7 Å². The van der Waals surface area contributed by atoms with Gasteiger partial charge >= 0.3 is 0 Å². The Morgan fingerprint density at radius 3 is 2.57 bits per heavy atom. The Morgan fingerprint density at radius 1 is 0.893 bits per heavy atom. The maximum absolute atomic E-state index is 13.2. The number of pyridine rings is 1. The third-order valence-corrected chi connectivity index (χ3v) is 5.75. The molecule has 5 heterocycles. The van der Waals surface area contributed by atoms with Crippen molar-refractivity contribution in [3.05, 3.63) is 53.9 Å².